The highest BCUT2D eigenvalue weighted by Crippen LogP contribution is 2.72. The minimum Gasteiger partial charge on any atom is -0.469 e. The highest BCUT2D eigenvalue weighted by molar-refractivity contribution is 5.96. The van der Waals surface area contributed by atoms with Crippen LogP contribution in [0, 0.1) is 101 Å². The van der Waals surface area contributed by atoms with Gasteiger partial charge in [-0.2, -0.15) is 0 Å². The predicted molar refractivity (Wildman–Crippen MR) is 133 cm³/mol. The molecule has 36 heavy (non-hydrogen) atoms. The van der Waals surface area contributed by atoms with E-state index in [0.717, 1.165) is 36.0 Å². The van der Waals surface area contributed by atoms with Crippen LogP contribution >= 0.6 is 0 Å². The Morgan fingerprint density at radius 1 is 0.722 bits per heavy atom. The van der Waals surface area contributed by atoms with E-state index < -0.39 is 0 Å². The number of hydrogen-bond acceptors (Lipinski definition) is 5. The summed E-state index contributed by atoms with van der Waals surface area (Å²) in [6.07, 6.45) is 7.55. The van der Waals surface area contributed by atoms with Gasteiger partial charge in [0.05, 0.1) is 24.9 Å². The molecule has 6 aliphatic carbocycles. The zero-order valence-corrected chi connectivity index (χ0v) is 22.6. The van der Waals surface area contributed by atoms with Crippen LogP contribution in [0.15, 0.2) is 0 Å². The fourth-order valence-corrected chi connectivity index (χ4v) is 12.6. The highest BCUT2D eigenvalue weighted by atomic mass is 16.6. The molecule has 1 aliphatic heterocycles. The number of rotatable bonds is 4. The largest absolute Gasteiger partial charge is 0.469 e. The van der Waals surface area contributed by atoms with Gasteiger partial charge in [0.15, 0.2) is 0 Å². The Hall–Kier alpha value is -1.39. The van der Waals surface area contributed by atoms with E-state index in [-0.39, 0.29) is 41.6 Å². The third-order valence-electron chi connectivity index (χ3n) is 13.7. The van der Waals surface area contributed by atoms with Crippen molar-refractivity contribution >= 4 is 17.9 Å². The molecule has 0 aromatic heterocycles. The van der Waals surface area contributed by atoms with Crippen molar-refractivity contribution in [3.63, 3.8) is 0 Å². The van der Waals surface area contributed by atoms with Crippen LogP contribution in [0.4, 0.5) is 0 Å². The Bertz CT molecular complexity index is 974. The SMILES string of the molecule is COC(=O)C1C(C)C2CC1C(C1C3CCC(C3)C1C1C(=O)OC(=O)C1C)C2C1C(C)C2CC(C)C1C2. The molecule has 7 rings (SSSR count). The van der Waals surface area contributed by atoms with Gasteiger partial charge < -0.3 is 9.47 Å². The molecule has 0 aromatic carbocycles. The van der Waals surface area contributed by atoms with Crippen molar-refractivity contribution in [3.8, 4) is 0 Å². The number of cyclic esters (lactones) is 2. The van der Waals surface area contributed by atoms with Gasteiger partial charge in [0, 0.05) is 0 Å². The number of methoxy groups -OCH3 is 1. The lowest BCUT2D eigenvalue weighted by atomic mass is 9.52. The molecule has 7 fully saturated rings. The summed E-state index contributed by atoms with van der Waals surface area (Å²) >= 11 is 0. The van der Waals surface area contributed by atoms with Gasteiger partial charge in [-0.1, -0.05) is 27.7 Å². The molecular weight excluding hydrogens is 452 g/mol. The zero-order chi connectivity index (χ0) is 25.2. The number of fused-ring (bicyclic) bond motifs is 6. The maximum absolute atomic E-state index is 13.2. The van der Waals surface area contributed by atoms with Crippen LogP contribution in [0.5, 0.6) is 0 Å². The van der Waals surface area contributed by atoms with E-state index in [9.17, 15) is 14.4 Å². The molecule has 1 heterocycles. The molecule has 0 aromatic rings. The number of carbonyl (C=O) groups is 3. The summed E-state index contributed by atoms with van der Waals surface area (Å²) in [5.41, 5.74) is 0. The smallest absolute Gasteiger partial charge is 0.317 e. The monoisotopic (exact) mass is 496 g/mol. The molecule has 6 bridgehead atoms. The standard InChI is InChI=1S/C31H44O5/c1-12-8-18-10-19(12)22(13(18)2)27-20-11-21(23(14(20)3)30(33)35-5)28(27)26-17-7-6-16(9-17)25(26)24-15(4)29(32)36-31(24)34/h12-28H,6-11H2,1-5H3. The van der Waals surface area contributed by atoms with Gasteiger partial charge in [0.1, 0.15) is 0 Å². The van der Waals surface area contributed by atoms with E-state index in [0.29, 0.717) is 47.3 Å². The second-order valence-electron chi connectivity index (χ2n) is 14.5. The first kappa shape index (κ1) is 23.7. The second-order valence-corrected chi connectivity index (χ2v) is 14.5. The van der Waals surface area contributed by atoms with Crippen molar-refractivity contribution in [2.45, 2.75) is 66.2 Å². The molecule has 7 aliphatic rings. The summed E-state index contributed by atoms with van der Waals surface area (Å²) in [5.74, 6) is 7.01. The summed E-state index contributed by atoms with van der Waals surface area (Å²) in [6, 6.07) is 0. The summed E-state index contributed by atoms with van der Waals surface area (Å²) in [7, 11) is 1.55. The van der Waals surface area contributed by atoms with E-state index in [1.807, 2.05) is 6.92 Å². The van der Waals surface area contributed by atoms with Crippen LogP contribution in [0.25, 0.3) is 0 Å². The minimum absolute atomic E-state index is 0.0121. The van der Waals surface area contributed by atoms with Crippen LogP contribution in [-0.2, 0) is 23.9 Å². The first-order valence-corrected chi connectivity index (χ1v) is 15.1. The predicted octanol–water partition coefficient (Wildman–Crippen LogP) is 5.22. The number of carbonyl (C=O) groups excluding carboxylic acids is 3. The van der Waals surface area contributed by atoms with Gasteiger partial charge in [-0.25, -0.2) is 0 Å². The molecule has 198 valence electrons. The van der Waals surface area contributed by atoms with Crippen LogP contribution < -0.4 is 0 Å². The van der Waals surface area contributed by atoms with Crippen molar-refractivity contribution in [3.05, 3.63) is 0 Å². The van der Waals surface area contributed by atoms with Crippen LogP contribution in [-0.4, -0.2) is 25.0 Å². The summed E-state index contributed by atoms with van der Waals surface area (Å²) < 4.78 is 10.6. The van der Waals surface area contributed by atoms with Gasteiger partial charge in [-0.15, -0.1) is 0 Å². The molecule has 5 heteroatoms. The van der Waals surface area contributed by atoms with Crippen molar-refractivity contribution in [2.75, 3.05) is 7.11 Å². The van der Waals surface area contributed by atoms with E-state index in [4.69, 9.17) is 9.47 Å². The molecule has 1 saturated heterocycles. The third kappa shape index (κ3) is 2.92. The van der Waals surface area contributed by atoms with Gasteiger partial charge in [0.2, 0.25) is 0 Å². The average Bonchev–Trinajstić information content (AvgIpc) is 3.68. The van der Waals surface area contributed by atoms with E-state index in [1.165, 1.54) is 32.1 Å². The third-order valence-corrected chi connectivity index (χ3v) is 13.7. The molecule has 0 radical (unpaired) electrons. The van der Waals surface area contributed by atoms with Crippen molar-refractivity contribution in [1.29, 1.82) is 0 Å². The maximum Gasteiger partial charge on any atom is 0.317 e. The lowest BCUT2D eigenvalue weighted by molar-refractivity contribution is -0.157. The summed E-state index contributed by atoms with van der Waals surface area (Å²) in [5, 5.41) is 0. The number of esters is 3. The molecule has 5 nitrogen and oxygen atoms in total. The molecular formula is C31H44O5. The first-order valence-electron chi connectivity index (χ1n) is 15.1. The average molecular weight is 497 g/mol. The Kier molecular flexibility index (Phi) is 5.30. The second kappa shape index (κ2) is 8.06. The summed E-state index contributed by atoms with van der Waals surface area (Å²) in [6.45, 7) is 9.25. The molecule has 17 atom stereocenters. The number of hydrogen-bond donors (Lipinski definition) is 0. The van der Waals surface area contributed by atoms with E-state index in [1.54, 1.807) is 7.11 Å². The normalized spacial score (nSPS) is 58.8. The lowest BCUT2D eigenvalue weighted by Gasteiger charge is -2.52. The van der Waals surface area contributed by atoms with Crippen molar-refractivity contribution < 1.29 is 23.9 Å². The lowest BCUT2D eigenvalue weighted by Crippen LogP contribution is -2.50. The van der Waals surface area contributed by atoms with Gasteiger partial charge >= 0.3 is 17.9 Å². The van der Waals surface area contributed by atoms with Crippen LogP contribution in [0.1, 0.15) is 66.2 Å². The fourth-order valence-electron chi connectivity index (χ4n) is 12.6. The molecule has 0 N–H and O–H groups in total. The van der Waals surface area contributed by atoms with E-state index >= 15 is 0 Å². The van der Waals surface area contributed by atoms with Crippen LogP contribution in [0.2, 0.25) is 0 Å². The van der Waals surface area contributed by atoms with Crippen LogP contribution in [0.3, 0.4) is 0 Å². The minimum atomic E-state index is -0.335. The van der Waals surface area contributed by atoms with E-state index in [2.05, 4.69) is 20.8 Å². The Labute approximate surface area is 215 Å². The Morgan fingerprint density at radius 2 is 1.42 bits per heavy atom. The molecule has 0 amide bonds. The van der Waals surface area contributed by atoms with Crippen molar-refractivity contribution in [2.24, 2.45) is 101 Å². The maximum atomic E-state index is 13.2. The summed E-state index contributed by atoms with van der Waals surface area (Å²) in [4.78, 5) is 38.7. The van der Waals surface area contributed by atoms with Crippen molar-refractivity contribution in [1.82, 2.24) is 0 Å². The van der Waals surface area contributed by atoms with Gasteiger partial charge in [-0.05, 0) is 121 Å². The zero-order valence-electron chi connectivity index (χ0n) is 22.6. The quantitative estimate of drug-likeness (QED) is 0.394. The first-order chi connectivity index (χ1) is 17.2. The molecule has 6 saturated carbocycles. The van der Waals surface area contributed by atoms with Gasteiger partial charge in [-0.3, -0.25) is 14.4 Å². The van der Waals surface area contributed by atoms with Gasteiger partial charge in [0.25, 0.3) is 0 Å². The Morgan fingerprint density at radius 3 is 2.06 bits per heavy atom. The fraction of sp³-hybridized carbons (Fsp3) is 0.903. The topological polar surface area (TPSA) is 69.7 Å². The Balaban J connectivity index is 1.31. The molecule has 17 unspecified atom stereocenters. The highest BCUT2D eigenvalue weighted by Gasteiger charge is 2.69. The number of ether oxygens (including phenoxy) is 2. The molecule has 0 spiro atoms.